The Kier molecular flexibility index (Phi) is 6.53. The third-order valence-corrected chi connectivity index (χ3v) is 9.83. The summed E-state index contributed by atoms with van der Waals surface area (Å²) in [5.74, 6) is -1.54. The van der Waals surface area contributed by atoms with Crippen LogP contribution >= 0.6 is 11.6 Å². The van der Waals surface area contributed by atoms with Gasteiger partial charge in [-0.15, -0.1) is 0 Å². The number of benzene rings is 3. The third-order valence-electron chi connectivity index (χ3n) is 9.47. The lowest BCUT2D eigenvalue weighted by Crippen LogP contribution is -2.48. The third kappa shape index (κ3) is 4.46. The molecule has 2 heterocycles. The number of fused-ring (bicyclic) bond motifs is 4. The molecule has 2 unspecified atom stereocenters. The second kappa shape index (κ2) is 9.93. The molecular weight excluding hydrogens is 562 g/mol. The van der Waals surface area contributed by atoms with Crippen molar-refractivity contribution in [3.8, 4) is 22.6 Å². The number of ether oxygens (including phenoxy) is 2. The van der Waals surface area contributed by atoms with E-state index in [2.05, 4.69) is 10.6 Å². The molecule has 2 saturated carbocycles. The number of rotatable bonds is 6. The van der Waals surface area contributed by atoms with Gasteiger partial charge in [0.1, 0.15) is 17.7 Å². The number of carbonyl (C=O) groups excluding carboxylic acids is 1. The Balaban J connectivity index is 1.33. The first-order chi connectivity index (χ1) is 20.1. The van der Waals surface area contributed by atoms with Gasteiger partial charge in [-0.05, 0) is 50.7 Å². The summed E-state index contributed by atoms with van der Waals surface area (Å²) in [7, 11) is 1.48. The van der Waals surface area contributed by atoms with E-state index in [-0.39, 0.29) is 57.7 Å². The Morgan fingerprint density at radius 3 is 2.60 bits per heavy atom. The number of amides is 1. The van der Waals surface area contributed by atoms with Gasteiger partial charge in [0.05, 0.1) is 16.2 Å². The van der Waals surface area contributed by atoms with E-state index in [9.17, 15) is 9.90 Å². The largest absolute Gasteiger partial charge is 0.486 e. The number of hydrogen-bond donors (Lipinski definition) is 3. The van der Waals surface area contributed by atoms with Crippen LogP contribution in [0.1, 0.15) is 72.0 Å². The van der Waals surface area contributed by atoms with Crippen LogP contribution in [0.15, 0.2) is 42.5 Å². The van der Waals surface area contributed by atoms with E-state index >= 15 is 8.78 Å². The van der Waals surface area contributed by atoms with Crippen molar-refractivity contribution in [1.29, 1.82) is 0 Å². The van der Waals surface area contributed by atoms with Crippen molar-refractivity contribution >= 4 is 17.5 Å². The van der Waals surface area contributed by atoms with E-state index in [1.54, 1.807) is 6.07 Å². The molecule has 3 atom stereocenters. The van der Waals surface area contributed by atoms with Crippen molar-refractivity contribution in [3.05, 3.63) is 81.4 Å². The maximum Gasteiger partial charge on any atom is 0.251 e. The molecule has 42 heavy (non-hydrogen) atoms. The van der Waals surface area contributed by atoms with Crippen LogP contribution in [-0.2, 0) is 12.0 Å². The highest BCUT2D eigenvalue weighted by Gasteiger charge is 2.51. The molecule has 2 aliphatic carbocycles. The molecule has 220 valence electrons. The first kappa shape index (κ1) is 27.6. The molecule has 1 amide bonds. The highest BCUT2D eigenvalue weighted by Crippen LogP contribution is 2.58. The van der Waals surface area contributed by atoms with E-state index in [1.807, 2.05) is 37.3 Å². The lowest BCUT2D eigenvalue weighted by molar-refractivity contribution is 0.0104. The van der Waals surface area contributed by atoms with E-state index in [0.717, 1.165) is 24.8 Å². The van der Waals surface area contributed by atoms with Crippen molar-refractivity contribution in [2.45, 2.75) is 74.7 Å². The smallest absolute Gasteiger partial charge is 0.251 e. The summed E-state index contributed by atoms with van der Waals surface area (Å²) in [5, 5.41) is 16.4. The van der Waals surface area contributed by atoms with Gasteiger partial charge in [0.15, 0.2) is 17.2 Å². The monoisotopic (exact) mass is 594 g/mol. The molecular formula is C33H33ClF2N2O4. The van der Waals surface area contributed by atoms with Crippen molar-refractivity contribution in [3.63, 3.8) is 0 Å². The van der Waals surface area contributed by atoms with Crippen LogP contribution < -0.4 is 20.1 Å². The zero-order chi connectivity index (χ0) is 29.4. The molecule has 0 saturated heterocycles. The Labute approximate surface area is 248 Å². The molecule has 0 aromatic heterocycles. The van der Waals surface area contributed by atoms with Gasteiger partial charge in [-0.3, -0.25) is 4.79 Å². The number of nitrogens with one attached hydrogen (secondary N) is 2. The maximum atomic E-state index is 16.4. The van der Waals surface area contributed by atoms with Gasteiger partial charge in [-0.1, -0.05) is 41.9 Å². The van der Waals surface area contributed by atoms with Crippen LogP contribution in [0.5, 0.6) is 11.5 Å². The van der Waals surface area contributed by atoms with Crippen LogP contribution in [0.4, 0.5) is 8.78 Å². The zero-order valence-corrected chi connectivity index (χ0v) is 24.3. The minimum Gasteiger partial charge on any atom is -0.486 e. The average molecular weight is 595 g/mol. The maximum absolute atomic E-state index is 16.4. The van der Waals surface area contributed by atoms with Crippen molar-refractivity contribution in [2.75, 3.05) is 13.6 Å². The summed E-state index contributed by atoms with van der Waals surface area (Å²) in [6.07, 6.45) is 3.97. The lowest BCUT2D eigenvalue weighted by Gasteiger charge is -2.36. The molecule has 6 nitrogen and oxygen atoms in total. The standard InChI is InChI=1S/C33H33ClF2N2O4/c1-32(40)10-8-18(9-11-32)38-16-33(17-6-4-3-5-7-17)15-22-25(42-33)14-23(35)28(34)26(22)27-21(31(39)37-2)12-20-19-13-24(19)41-30(20)29(27)36/h3-7,12,14,18-19,24,38,40H,8-11,13,15-16H2,1-2H3,(H,37,39)/t18?,19?,24?,32?,33-/m1/s1. The van der Waals surface area contributed by atoms with Gasteiger partial charge in [0.25, 0.3) is 5.91 Å². The van der Waals surface area contributed by atoms with E-state index < -0.39 is 28.7 Å². The molecule has 2 aliphatic heterocycles. The van der Waals surface area contributed by atoms with Crippen LogP contribution in [0.2, 0.25) is 5.02 Å². The van der Waals surface area contributed by atoms with Crippen molar-refractivity contribution < 1.29 is 28.2 Å². The SMILES string of the molecule is CNC(=O)c1cc2c(c(F)c1-c1c(Cl)c(F)cc3c1C[C@@](CNC1CCC(C)(O)CC1)(c1ccccc1)O3)OC1CC21. The molecule has 2 fully saturated rings. The van der Waals surface area contributed by atoms with Crippen molar-refractivity contribution in [2.24, 2.45) is 0 Å². The summed E-state index contributed by atoms with van der Waals surface area (Å²) in [6.45, 7) is 2.27. The predicted octanol–water partition coefficient (Wildman–Crippen LogP) is 6.01. The lowest BCUT2D eigenvalue weighted by atomic mass is 9.82. The van der Waals surface area contributed by atoms with E-state index in [1.165, 1.54) is 13.1 Å². The summed E-state index contributed by atoms with van der Waals surface area (Å²) in [4.78, 5) is 13.1. The number of halogens is 3. The Hall–Kier alpha value is -3.20. The molecule has 3 aromatic carbocycles. The van der Waals surface area contributed by atoms with Gasteiger partial charge < -0.3 is 25.2 Å². The number of carbonyl (C=O) groups is 1. The van der Waals surface area contributed by atoms with Gasteiger partial charge in [-0.2, -0.15) is 0 Å². The molecule has 7 rings (SSSR count). The summed E-state index contributed by atoms with van der Waals surface area (Å²) >= 11 is 6.65. The Morgan fingerprint density at radius 2 is 1.88 bits per heavy atom. The Bertz CT molecular complexity index is 1590. The molecule has 4 aliphatic rings. The molecule has 9 heteroatoms. The summed E-state index contributed by atoms with van der Waals surface area (Å²) in [5.41, 5.74) is 0.596. The highest BCUT2D eigenvalue weighted by molar-refractivity contribution is 6.34. The van der Waals surface area contributed by atoms with Gasteiger partial charge in [0, 0.05) is 60.3 Å². The predicted molar refractivity (Wildman–Crippen MR) is 155 cm³/mol. The van der Waals surface area contributed by atoms with Crippen molar-refractivity contribution in [1.82, 2.24) is 10.6 Å². The number of aliphatic hydroxyl groups is 1. The van der Waals surface area contributed by atoms with Crippen LogP contribution in [0.3, 0.4) is 0 Å². The molecule has 3 aromatic rings. The summed E-state index contributed by atoms with van der Waals surface area (Å²) in [6, 6.07) is 12.8. The summed E-state index contributed by atoms with van der Waals surface area (Å²) < 4.78 is 44.4. The normalized spacial score (nSPS) is 28.8. The second-order valence-corrected chi connectivity index (χ2v) is 12.8. The average Bonchev–Trinajstić information content (AvgIpc) is 3.52. The first-order valence-electron chi connectivity index (χ1n) is 14.6. The minimum absolute atomic E-state index is 0.0595. The van der Waals surface area contributed by atoms with Crippen LogP contribution in [0, 0.1) is 11.6 Å². The van der Waals surface area contributed by atoms with Gasteiger partial charge in [-0.25, -0.2) is 8.78 Å². The molecule has 3 N–H and O–H groups in total. The molecule has 0 radical (unpaired) electrons. The fourth-order valence-corrected chi connectivity index (χ4v) is 7.21. The zero-order valence-electron chi connectivity index (χ0n) is 23.5. The first-order valence-corrected chi connectivity index (χ1v) is 15.0. The van der Waals surface area contributed by atoms with Crippen LogP contribution in [0.25, 0.3) is 11.1 Å². The fourth-order valence-electron chi connectivity index (χ4n) is 6.94. The second-order valence-electron chi connectivity index (χ2n) is 12.4. The Morgan fingerprint density at radius 1 is 1.14 bits per heavy atom. The highest BCUT2D eigenvalue weighted by atomic mass is 35.5. The van der Waals surface area contributed by atoms with Gasteiger partial charge >= 0.3 is 0 Å². The van der Waals surface area contributed by atoms with E-state index in [4.69, 9.17) is 21.1 Å². The van der Waals surface area contributed by atoms with Crippen LogP contribution in [-0.4, -0.2) is 42.4 Å². The fraction of sp³-hybridized carbons (Fsp3) is 0.424. The van der Waals surface area contributed by atoms with E-state index in [0.29, 0.717) is 30.5 Å². The van der Waals surface area contributed by atoms with Gasteiger partial charge in [0.2, 0.25) is 0 Å². The topological polar surface area (TPSA) is 79.8 Å². The molecule has 0 bridgehead atoms. The minimum atomic E-state index is -0.937. The quantitative estimate of drug-likeness (QED) is 0.326. The number of hydrogen-bond acceptors (Lipinski definition) is 5. The molecule has 0 spiro atoms.